The lowest BCUT2D eigenvalue weighted by Gasteiger charge is -2.25. The molecule has 0 bridgehead atoms. The van der Waals surface area contributed by atoms with E-state index in [2.05, 4.69) is 5.32 Å². The van der Waals surface area contributed by atoms with Crippen molar-refractivity contribution in [1.82, 2.24) is 15.3 Å². The third-order valence-corrected chi connectivity index (χ3v) is 4.59. The predicted octanol–water partition coefficient (Wildman–Crippen LogP) is 1.75. The van der Waals surface area contributed by atoms with Crippen molar-refractivity contribution in [2.24, 2.45) is 0 Å². The maximum Gasteiger partial charge on any atom is 0.407 e. The highest BCUT2D eigenvalue weighted by Gasteiger charge is 2.31. The zero-order valence-electron chi connectivity index (χ0n) is 16.0. The number of rotatable bonds is 11. The summed E-state index contributed by atoms with van der Waals surface area (Å²) in [4.78, 5) is 29.1. The predicted molar refractivity (Wildman–Crippen MR) is 107 cm³/mol. The number of benzene rings is 2. The standard InChI is InChI=1S/C19H23N3O7S/c23-18(21-25)17(22(30(26)27)29-14-16-9-5-2-6-10-16)11-12-20-19(24)28-13-15-7-3-1-4-8-15/h1-10,17,25H,11-14H2,(H,20,24)(H,21,23)(H,26,27)/t17-/m1/s1. The third kappa shape index (κ3) is 7.89. The third-order valence-electron chi connectivity index (χ3n) is 3.92. The molecule has 4 N–H and O–H groups in total. The molecule has 11 heteroatoms. The highest BCUT2D eigenvalue weighted by Crippen LogP contribution is 2.11. The summed E-state index contributed by atoms with van der Waals surface area (Å²) in [5.41, 5.74) is 2.95. The van der Waals surface area contributed by atoms with E-state index < -0.39 is 29.3 Å². The monoisotopic (exact) mass is 437 g/mol. The molecule has 0 aromatic heterocycles. The molecule has 0 fully saturated rings. The van der Waals surface area contributed by atoms with Crippen LogP contribution in [0.3, 0.4) is 0 Å². The van der Waals surface area contributed by atoms with Gasteiger partial charge in [-0.3, -0.25) is 19.4 Å². The summed E-state index contributed by atoms with van der Waals surface area (Å²) in [5.74, 6) is -0.968. The van der Waals surface area contributed by atoms with E-state index in [4.69, 9.17) is 14.8 Å². The fourth-order valence-electron chi connectivity index (χ4n) is 2.45. The zero-order valence-corrected chi connectivity index (χ0v) is 16.8. The summed E-state index contributed by atoms with van der Waals surface area (Å²) in [6.07, 6.45) is -0.850. The number of ether oxygens (including phenoxy) is 1. The van der Waals surface area contributed by atoms with Gasteiger partial charge in [0.2, 0.25) is 0 Å². The van der Waals surface area contributed by atoms with Gasteiger partial charge in [0, 0.05) is 6.54 Å². The van der Waals surface area contributed by atoms with Gasteiger partial charge in [-0.05, 0) is 17.5 Å². The van der Waals surface area contributed by atoms with E-state index in [1.807, 2.05) is 18.2 Å². The number of hydrogen-bond donors (Lipinski definition) is 4. The Balaban J connectivity index is 1.88. The smallest absolute Gasteiger partial charge is 0.407 e. The van der Waals surface area contributed by atoms with Gasteiger partial charge in [-0.2, -0.15) is 0 Å². The molecule has 30 heavy (non-hydrogen) atoms. The first-order chi connectivity index (χ1) is 14.5. The number of nitrogens with one attached hydrogen (secondary N) is 2. The largest absolute Gasteiger partial charge is 0.445 e. The van der Waals surface area contributed by atoms with Crippen LogP contribution in [0.5, 0.6) is 0 Å². The molecule has 162 valence electrons. The highest BCUT2D eigenvalue weighted by atomic mass is 32.2. The second-order valence-corrected chi connectivity index (χ2v) is 6.87. The van der Waals surface area contributed by atoms with Crippen LogP contribution in [0.25, 0.3) is 0 Å². The number of hydrogen-bond acceptors (Lipinski definition) is 6. The second kappa shape index (κ2) is 12.7. The topological polar surface area (TPSA) is 137 Å². The summed E-state index contributed by atoms with van der Waals surface area (Å²) < 4.78 is 26.8. The average Bonchev–Trinajstić information content (AvgIpc) is 2.77. The van der Waals surface area contributed by atoms with Gasteiger partial charge in [0.05, 0.1) is 6.61 Å². The lowest BCUT2D eigenvalue weighted by atomic mass is 10.2. The molecule has 0 saturated heterocycles. The molecular formula is C19H23N3O7S. The fourth-order valence-corrected chi connectivity index (χ4v) is 3.01. The van der Waals surface area contributed by atoms with Gasteiger partial charge >= 0.3 is 6.09 Å². The van der Waals surface area contributed by atoms with Gasteiger partial charge in [-0.1, -0.05) is 65.1 Å². The molecule has 2 rings (SSSR count). The zero-order chi connectivity index (χ0) is 21.8. The second-order valence-electron chi connectivity index (χ2n) is 6.04. The fraction of sp³-hybridized carbons (Fsp3) is 0.263. The SMILES string of the molecule is O=C(NCC[C@H](C(=O)NO)N(OCc1ccccc1)S(=O)O)OCc1ccccc1. The molecule has 0 saturated carbocycles. The Labute approximate surface area is 176 Å². The van der Waals surface area contributed by atoms with Crippen LogP contribution < -0.4 is 10.8 Å². The quantitative estimate of drug-likeness (QED) is 0.239. The first kappa shape index (κ1) is 23.4. The lowest BCUT2D eigenvalue weighted by molar-refractivity contribution is -0.158. The Kier molecular flexibility index (Phi) is 9.91. The molecule has 2 amide bonds. The van der Waals surface area contributed by atoms with E-state index in [0.29, 0.717) is 10.0 Å². The Bertz CT molecular complexity index is 823. The van der Waals surface area contributed by atoms with Gasteiger partial charge in [0.25, 0.3) is 17.2 Å². The molecule has 0 aliphatic rings. The van der Waals surface area contributed by atoms with E-state index in [1.54, 1.807) is 42.5 Å². The molecule has 2 aromatic carbocycles. The molecule has 0 aliphatic heterocycles. The van der Waals surface area contributed by atoms with Gasteiger partial charge in [-0.15, -0.1) is 0 Å². The van der Waals surface area contributed by atoms with Gasteiger partial charge in [0.15, 0.2) is 0 Å². The number of carbonyl (C=O) groups excluding carboxylic acids is 2. The van der Waals surface area contributed by atoms with Crippen LogP contribution in [0, 0.1) is 0 Å². The molecule has 10 nitrogen and oxygen atoms in total. The lowest BCUT2D eigenvalue weighted by Crippen LogP contribution is -2.48. The van der Waals surface area contributed by atoms with Crippen molar-refractivity contribution in [3.05, 3.63) is 71.8 Å². The van der Waals surface area contributed by atoms with Gasteiger partial charge in [0.1, 0.15) is 12.6 Å². The van der Waals surface area contributed by atoms with E-state index in [0.717, 1.165) is 5.56 Å². The molecule has 0 spiro atoms. The number of alkyl carbamates (subject to hydrolysis) is 1. The van der Waals surface area contributed by atoms with Crippen LogP contribution in [-0.2, 0) is 38.8 Å². The molecule has 1 unspecified atom stereocenters. The van der Waals surface area contributed by atoms with Crippen molar-refractivity contribution in [2.75, 3.05) is 6.54 Å². The van der Waals surface area contributed by atoms with E-state index in [-0.39, 0.29) is 26.2 Å². The van der Waals surface area contributed by atoms with E-state index in [9.17, 15) is 18.4 Å². The number of nitrogens with zero attached hydrogens (tertiary/aromatic N) is 1. The van der Waals surface area contributed by atoms with E-state index >= 15 is 0 Å². The number of hydroxylamine groups is 2. The highest BCUT2D eigenvalue weighted by molar-refractivity contribution is 7.76. The Morgan fingerprint density at radius 1 is 1.00 bits per heavy atom. The van der Waals surface area contributed by atoms with Crippen molar-refractivity contribution >= 4 is 23.3 Å². The molecule has 2 aromatic rings. The summed E-state index contributed by atoms with van der Waals surface area (Å²) in [6.45, 7) is -0.0802. The van der Waals surface area contributed by atoms with Crippen LogP contribution in [0.15, 0.2) is 60.7 Å². The van der Waals surface area contributed by atoms with Crippen LogP contribution in [0.1, 0.15) is 17.5 Å². The van der Waals surface area contributed by atoms with Crippen LogP contribution in [0.2, 0.25) is 0 Å². The molecule has 0 heterocycles. The van der Waals surface area contributed by atoms with Crippen molar-refractivity contribution in [2.45, 2.75) is 25.7 Å². The maximum absolute atomic E-state index is 12.0. The molecule has 2 atom stereocenters. The molecule has 0 radical (unpaired) electrons. The van der Waals surface area contributed by atoms with E-state index in [1.165, 1.54) is 5.48 Å². The Morgan fingerprint density at radius 2 is 1.57 bits per heavy atom. The van der Waals surface area contributed by atoms with Crippen molar-refractivity contribution in [3.8, 4) is 0 Å². The van der Waals surface area contributed by atoms with Crippen molar-refractivity contribution < 1.29 is 33.1 Å². The molecular weight excluding hydrogens is 414 g/mol. The van der Waals surface area contributed by atoms with Crippen molar-refractivity contribution in [3.63, 3.8) is 0 Å². The summed E-state index contributed by atoms with van der Waals surface area (Å²) in [5, 5.41) is 11.4. The average molecular weight is 437 g/mol. The summed E-state index contributed by atoms with van der Waals surface area (Å²) in [7, 11) is 0. The first-order valence-electron chi connectivity index (χ1n) is 8.96. The van der Waals surface area contributed by atoms with Crippen LogP contribution in [-0.4, -0.2) is 43.0 Å². The van der Waals surface area contributed by atoms with Gasteiger partial charge in [-0.25, -0.2) is 14.5 Å². The van der Waals surface area contributed by atoms with Crippen LogP contribution >= 0.6 is 0 Å². The normalized spacial score (nSPS) is 12.8. The minimum Gasteiger partial charge on any atom is -0.445 e. The molecule has 0 aliphatic carbocycles. The first-order valence-corrected chi connectivity index (χ1v) is 10.0. The number of amides is 2. The minimum atomic E-state index is -2.68. The Hall–Kier alpha value is -2.83. The summed E-state index contributed by atoms with van der Waals surface area (Å²) in [6, 6.07) is 16.5. The van der Waals surface area contributed by atoms with Crippen LogP contribution in [0.4, 0.5) is 4.79 Å². The maximum atomic E-state index is 12.0. The number of carbonyl (C=O) groups is 2. The van der Waals surface area contributed by atoms with Crippen molar-refractivity contribution in [1.29, 1.82) is 0 Å². The minimum absolute atomic E-state index is 0.0696. The summed E-state index contributed by atoms with van der Waals surface area (Å²) >= 11 is -2.68. The van der Waals surface area contributed by atoms with Gasteiger partial charge < -0.3 is 10.1 Å². The Morgan fingerprint density at radius 3 is 2.10 bits per heavy atom.